The fourth-order valence-corrected chi connectivity index (χ4v) is 1.67. The first-order valence-electron chi connectivity index (χ1n) is 6.50. The first-order chi connectivity index (χ1) is 8.55. The molecular formula is C15H23N3. The van der Waals surface area contributed by atoms with Crippen LogP contribution in [0.4, 0.5) is 0 Å². The van der Waals surface area contributed by atoms with Crippen molar-refractivity contribution in [3.8, 4) is 0 Å². The normalized spacial score (nSPS) is 10.7. The fraction of sp³-hybridized carbons (Fsp3) is 0.467. The lowest BCUT2D eigenvalue weighted by Gasteiger charge is -2.19. The van der Waals surface area contributed by atoms with Gasteiger partial charge in [0.25, 0.3) is 0 Å². The second-order valence-corrected chi connectivity index (χ2v) is 5.09. The van der Waals surface area contributed by atoms with Crippen LogP contribution >= 0.6 is 0 Å². The van der Waals surface area contributed by atoms with E-state index in [0.29, 0.717) is 0 Å². The van der Waals surface area contributed by atoms with Gasteiger partial charge in [-0.25, -0.2) is 0 Å². The highest BCUT2D eigenvalue weighted by Gasteiger charge is 2.13. The maximum atomic E-state index is 4.07. The highest BCUT2D eigenvalue weighted by Crippen LogP contribution is 2.23. The van der Waals surface area contributed by atoms with E-state index >= 15 is 0 Å². The zero-order valence-corrected chi connectivity index (χ0v) is 12.0. The summed E-state index contributed by atoms with van der Waals surface area (Å²) in [5.41, 5.74) is 3.81. The third-order valence-electron chi connectivity index (χ3n) is 2.64. The lowest BCUT2D eigenvalue weighted by molar-refractivity contribution is 0.589. The molecule has 3 nitrogen and oxygen atoms in total. The van der Waals surface area contributed by atoms with Crippen molar-refractivity contribution in [3.05, 3.63) is 47.3 Å². The van der Waals surface area contributed by atoms with Gasteiger partial charge in [0, 0.05) is 6.42 Å². The predicted octanol–water partition coefficient (Wildman–Crippen LogP) is 3.72. The summed E-state index contributed by atoms with van der Waals surface area (Å²) in [6, 6.07) is 8.65. The van der Waals surface area contributed by atoms with Crippen molar-refractivity contribution < 1.29 is 0 Å². The fourth-order valence-electron chi connectivity index (χ4n) is 1.67. The van der Waals surface area contributed by atoms with E-state index in [4.69, 9.17) is 0 Å². The third-order valence-corrected chi connectivity index (χ3v) is 2.64. The molecule has 0 unspecified atom stereocenters. The van der Waals surface area contributed by atoms with Crippen LogP contribution in [0.1, 0.15) is 51.4 Å². The van der Waals surface area contributed by atoms with Crippen molar-refractivity contribution >= 4 is 0 Å². The summed E-state index contributed by atoms with van der Waals surface area (Å²) in [7, 11) is 0. The zero-order chi connectivity index (χ0) is 13.6. The standard InChI is InChI=1S/C13H17N3.C2H6/c1-13(2,3)11-6-4-5-10(7-11)8-12-9-14-16-15-12;1-2/h4-7,9H,8H2,1-3H3,(H,14,15,16);1-2H3. The number of nitrogens with one attached hydrogen (secondary N) is 1. The summed E-state index contributed by atoms with van der Waals surface area (Å²) in [6.45, 7) is 10.7. The van der Waals surface area contributed by atoms with Gasteiger partial charge in [0.2, 0.25) is 0 Å². The van der Waals surface area contributed by atoms with Crippen molar-refractivity contribution in [2.75, 3.05) is 0 Å². The minimum atomic E-state index is 0.194. The van der Waals surface area contributed by atoms with Crippen LogP contribution in [0, 0.1) is 0 Å². The molecule has 0 radical (unpaired) electrons. The molecule has 0 bridgehead atoms. The van der Waals surface area contributed by atoms with Crippen LogP contribution in [0.2, 0.25) is 0 Å². The zero-order valence-electron chi connectivity index (χ0n) is 12.0. The molecule has 0 aliphatic carbocycles. The lowest BCUT2D eigenvalue weighted by Crippen LogP contribution is -2.11. The molecule has 98 valence electrons. The van der Waals surface area contributed by atoms with E-state index in [1.807, 2.05) is 13.8 Å². The van der Waals surface area contributed by atoms with E-state index in [0.717, 1.165) is 12.1 Å². The molecule has 0 atom stereocenters. The van der Waals surface area contributed by atoms with E-state index < -0.39 is 0 Å². The summed E-state index contributed by atoms with van der Waals surface area (Å²) < 4.78 is 0. The minimum absolute atomic E-state index is 0.194. The molecule has 0 amide bonds. The van der Waals surface area contributed by atoms with Gasteiger partial charge in [-0.2, -0.15) is 15.4 Å². The van der Waals surface area contributed by atoms with E-state index in [-0.39, 0.29) is 5.41 Å². The molecule has 0 spiro atoms. The van der Waals surface area contributed by atoms with Crippen molar-refractivity contribution in [1.29, 1.82) is 0 Å². The number of H-pyrrole nitrogens is 1. The quantitative estimate of drug-likeness (QED) is 0.876. The third kappa shape index (κ3) is 3.99. The number of nitrogens with zero attached hydrogens (tertiary/aromatic N) is 2. The average Bonchev–Trinajstić information content (AvgIpc) is 2.84. The maximum absolute atomic E-state index is 4.07. The largest absolute Gasteiger partial charge is 0.198 e. The van der Waals surface area contributed by atoms with E-state index in [2.05, 4.69) is 60.4 Å². The summed E-state index contributed by atoms with van der Waals surface area (Å²) in [4.78, 5) is 0. The van der Waals surface area contributed by atoms with Crippen LogP contribution in [0.3, 0.4) is 0 Å². The first kappa shape index (κ1) is 14.4. The molecular weight excluding hydrogens is 222 g/mol. The number of aromatic nitrogens is 3. The van der Waals surface area contributed by atoms with Crippen molar-refractivity contribution in [1.82, 2.24) is 15.4 Å². The Kier molecular flexibility index (Phi) is 5.08. The summed E-state index contributed by atoms with van der Waals surface area (Å²) in [6.07, 6.45) is 2.60. The summed E-state index contributed by atoms with van der Waals surface area (Å²) in [5, 5.41) is 10.5. The van der Waals surface area contributed by atoms with Gasteiger partial charge in [-0.3, -0.25) is 0 Å². The Morgan fingerprint density at radius 1 is 1.17 bits per heavy atom. The second kappa shape index (κ2) is 6.34. The number of aromatic amines is 1. The van der Waals surface area contributed by atoms with Gasteiger partial charge in [-0.15, -0.1) is 0 Å². The Morgan fingerprint density at radius 2 is 1.89 bits per heavy atom. The first-order valence-corrected chi connectivity index (χ1v) is 6.50. The van der Waals surface area contributed by atoms with Gasteiger partial charge >= 0.3 is 0 Å². The summed E-state index contributed by atoms with van der Waals surface area (Å²) >= 11 is 0. The molecule has 1 heterocycles. The SMILES string of the molecule is CC.CC(C)(C)c1cccc(Cc2cn[nH]n2)c1. The minimum Gasteiger partial charge on any atom is -0.198 e. The predicted molar refractivity (Wildman–Crippen MR) is 75.7 cm³/mol. The smallest absolute Gasteiger partial charge is 0.0868 e. The van der Waals surface area contributed by atoms with Gasteiger partial charge in [0.15, 0.2) is 0 Å². The average molecular weight is 245 g/mol. The molecule has 3 heteroatoms. The Morgan fingerprint density at radius 3 is 2.44 bits per heavy atom. The molecule has 0 aliphatic rings. The maximum Gasteiger partial charge on any atom is 0.0868 e. The number of hydrogen-bond acceptors (Lipinski definition) is 2. The molecule has 0 saturated carbocycles. The van der Waals surface area contributed by atoms with Crippen LogP contribution in [0.5, 0.6) is 0 Å². The molecule has 0 fully saturated rings. The van der Waals surface area contributed by atoms with E-state index in [9.17, 15) is 0 Å². The van der Waals surface area contributed by atoms with Crippen LogP contribution in [0.15, 0.2) is 30.5 Å². The van der Waals surface area contributed by atoms with Gasteiger partial charge in [-0.1, -0.05) is 58.9 Å². The van der Waals surface area contributed by atoms with Crippen LogP contribution in [0.25, 0.3) is 0 Å². The van der Waals surface area contributed by atoms with Crippen LogP contribution in [-0.2, 0) is 11.8 Å². The molecule has 0 aliphatic heterocycles. The lowest BCUT2D eigenvalue weighted by atomic mass is 9.86. The van der Waals surface area contributed by atoms with Gasteiger partial charge in [-0.05, 0) is 16.5 Å². The second-order valence-electron chi connectivity index (χ2n) is 5.09. The van der Waals surface area contributed by atoms with E-state index in [1.165, 1.54) is 11.1 Å². The molecule has 1 aromatic heterocycles. The highest BCUT2D eigenvalue weighted by atomic mass is 15.3. The van der Waals surface area contributed by atoms with Gasteiger partial charge in [0.05, 0.1) is 11.9 Å². The van der Waals surface area contributed by atoms with Crippen molar-refractivity contribution in [2.24, 2.45) is 0 Å². The van der Waals surface area contributed by atoms with Gasteiger partial charge < -0.3 is 0 Å². The number of hydrogen-bond donors (Lipinski definition) is 1. The Bertz CT molecular complexity index is 453. The summed E-state index contributed by atoms with van der Waals surface area (Å²) in [5.74, 6) is 0. The van der Waals surface area contributed by atoms with E-state index in [1.54, 1.807) is 6.20 Å². The number of benzene rings is 1. The van der Waals surface area contributed by atoms with Crippen molar-refractivity contribution in [2.45, 2.75) is 46.5 Å². The molecule has 18 heavy (non-hydrogen) atoms. The highest BCUT2D eigenvalue weighted by molar-refractivity contribution is 5.30. The Labute approximate surface area is 110 Å². The Balaban J connectivity index is 0.000000771. The molecule has 2 aromatic rings. The van der Waals surface area contributed by atoms with Gasteiger partial charge in [0.1, 0.15) is 0 Å². The topological polar surface area (TPSA) is 41.6 Å². The molecule has 1 aromatic carbocycles. The number of rotatable bonds is 2. The van der Waals surface area contributed by atoms with Crippen molar-refractivity contribution in [3.63, 3.8) is 0 Å². The Hall–Kier alpha value is -1.64. The molecule has 1 N–H and O–H groups in total. The monoisotopic (exact) mass is 245 g/mol. The van der Waals surface area contributed by atoms with Crippen LogP contribution < -0.4 is 0 Å². The molecule has 0 saturated heterocycles. The van der Waals surface area contributed by atoms with Crippen LogP contribution in [-0.4, -0.2) is 15.4 Å². The molecule has 2 rings (SSSR count).